The molecule has 3 saturated carbocycles. The number of carbonyl (C=O) groups is 3. The lowest BCUT2D eigenvalue weighted by atomic mass is 9.46. The molecule has 3 fully saturated rings. The van der Waals surface area contributed by atoms with Gasteiger partial charge >= 0.3 is 5.97 Å². The van der Waals surface area contributed by atoms with Gasteiger partial charge in [-0.05, 0) is 98.9 Å². The minimum atomic E-state index is -1.03. The predicted molar refractivity (Wildman–Crippen MR) is 138 cm³/mol. The first-order valence-electron chi connectivity index (χ1n) is 13.9. The number of rotatable bonds is 8. The van der Waals surface area contributed by atoms with E-state index >= 15 is 0 Å². The molecular formula is C29H44N2O5. The fraction of sp³-hybridized carbons (Fsp3) is 0.793. The monoisotopic (exact) mass is 500 g/mol. The molecule has 0 aromatic carbocycles. The number of aliphatic carboxylic acids is 1. The lowest BCUT2D eigenvalue weighted by molar-refractivity contribution is -0.144. The minimum absolute atomic E-state index is 0.163. The lowest BCUT2D eigenvalue weighted by Crippen LogP contribution is -2.51. The molecule has 7 nitrogen and oxygen atoms in total. The number of amides is 1. The maximum Gasteiger partial charge on any atom is 0.326 e. The number of Topliss-reactive ketones (excluding diaryl/α,β-unsaturated/α-hetero) is 1. The van der Waals surface area contributed by atoms with Crippen LogP contribution in [0.3, 0.4) is 0 Å². The number of allylic oxidation sites excluding steroid dienone is 2. The molecule has 4 rings (SSSR count). The van der Waals surface area contributed by atoms with Gasteiger partial charge in [0.25, 0.3) is 5.91 Å². The van der Waals surface area contributed by atoms with Gasteiger partial charge in [0.2, 0.25) is 0 Å². The molecule has 0 spiro atoms. The van der Waals surface area contributed by atoms with Crippen molar-refractivity contribution in [2.24, 2.45) is 45.6 Å². The van der Waals surface area contributed by atoms with E-state index in [2.05, 4.69) is 30.4 Å². The average molecular weight is 501 g/mol. The fourth-order valence-corrected chi connectivity index (χ4v) is 8.38. The molecule has 8 atom stereocenters. The molecule has 4 aliphatic rings. The van der Waals surface area contributed by atoms with Crippen LogP contribution in [0.5, 0.6) is 0 Å². The first-order chi connectivity index (χ1) is 17.0. The molecule has 1 amide bonds. The van der Waals surface area contributed by atoms with E-state index in [9.17, 15) is 19.5 Å². The van der Waals surface area contributed by atoms with Crippen LogP contribution in [0.1, 0.15) is 92.4 Å². The van der Waals surface area contributed by atoms with Crippen LogP contribution in [0.4, 0.5) is 0 Å². The number of nitrogens with zero attached hydrogens (tertiary/aromatic N) is 1. The Morgan fingerprint density at radius 3 is 2.56 bits per heavy atom. The van der Waals surface area contributed by atoms with Gasteiger partial charge in [-0.25, -0.2) is 4.79 Å². The molecule has 0 aromatic heterocycles. The first-order valence-corrected chi connectivity index (χ1v) is 13.9. The molecule has 0 heterocycles. The van der Waals surface area contributed by atoms with Gasteiger partial charge in [-0.15, -0.1) is 0 Å². The van der Waals surface area contributed by atoms with Crippen molar-refractivity contribution in [1.29, 1.82) is 0 Å². The Balaban J connectivity index is 1.39. The Morgan fingerprint density at radius 2 is 1.89 bits per heavy atom. The molecule has 0 radical (unpaired) electrons. The maximum absolute atomic E-state index is 12.4. The van der Waals surface area contributed by atoms with Crippen LogP contribution < -0.4 is 5.32 Å². The highest BCUT2D eigenvalue weighted by Gasteiger charge is 2.59. The van der Waals surface area contributed by atoms with Crippen LogP contribution in [-0.4, -0.2) is 41.1 Å². The second-order valence-electron chi connectivity index (χ2n) is 12.4. The third-order valence-corrected chi connectivity index (χ3v) is 10.6. The smallest absolute Gasteiger partial charge is 0.326 e. The summed E-state index contributed by atoms with van der Waals surface area (Å²) in [5, 5.41) is 16.2. The largest absolute Gasteiger partial charge is 0.480 e. The molecule has 0 aliphatic heterocycles. The number of nitrogens with one attached hydrogen (secondary N) is 1. The van der Waals surface area contributed by atoms with Gasteiger partial charge < -0.3 is 15.3 Å². The van der Waals surface area contributed by atoms with Gasteiger partial charge in [0.05, 0.1) is 5.71 Å². The Hall–Kier alpha value is -2.18. The third-order valence-electron chi connectivity index (χ3n) is 10.6. The zero-order valence-corrected chi connectivity index (χ0v) is 22.6. The Kier molecular flexibility index (Phi) is 7.68. The summed E-state index contributed by atoms with van der Waals surface area (Å²) in [6, 6.07) is -0.922. The molecule has 200 valence electrons. The van der Waals surface area contributed by atoms with Crippen molar-refractivity contribution < 1.29 is 24.3 Å². The zero-order valence-electron chi connectivity index (χ0n) is 22.6. The van der Waals surface area contributed by atoms with Crippen LogP contribution in [0.2, 0.25) is 0 Å². The molecule has 0 bridgehead atoms. The summed E-state index contributed by atoms with van der Waals surface area (Å²) in [6.07, 6.45) is 11.5. The number of carboxylic acids is 1. The third kappa shape index (κ3) is 4.74. The Morgan fingerprint density at radius 1 is 1.14 bits per heavy atom. The van der Waals surface area contributed by atoms with E-state index in [0.29, 0.717) is 30.0 Å². The van der Waals surface area contributed by atoms with E-state index in [1.807, 2.05) is 6.92 Å². The van der Waals surface area contributed by atoms with Gasteiger partial charge in [0.15, 0.2) is 6.61 Å². The summed E-state index contributed by atoms with van der Waals surface area (Å²) in [6.45, 7) is 10.0. The molecule has 3 unspecified atom stereocenters. The van der Waals surface area contributed by atoms with Gasteiger partial charge in [0, 0.05) is 5.92 Å². The predicted octanol–water partition coefficient (Wildman–Crippen LogP) is 5.14. The number of carbonyl (C=O) groups excluding carboxylic acids is 2. The van der Waals surface area contributed by atoms with Crippen LogP contribution in [-0.2, 0) is 19.2 Å². The van der Waals surface area contributed by atoms with Gasteiger partial charge in [-0.2, -0.15) is 0 Å². The van der Waals surface area contributed by atoms with Crippen molar-refractivity contribution in [3.05, 3.63) is 11.6 Å². The van der Waals surface area contributed by atoms with Crippen molar-refractivity contribution in [2.75, 3.05) is 6.61 Å². The van der Waals surface area contributed by atoms with Crippen molar-refractivity contribution in [1.82, 2.24) is 5.32 Å². The first kappa shape index (κ1) is 26.9. The van der Waals surface area contributed by atoms with Gasteiger partial charge in [0.1, 0.15) is 11.8 Å². The number of carboxylic acid groups (broad SMARTS) is 1. The number of ketones is 1. The normalized spacial score (nSPS) is 38.1. The minimum Gasteiger partial charge on any atom is -0.480 e. The Bertz CT molecular complexity index is 957. The topological polar surface area (TPSA) is 105 Å². The summed E-state index contributed by atoms with van der Waals surface area (Å²) in [5.74, 6) is 0.967. The highest BCUT2D eigenvalue weighted by Crippen LogP contribution is 2.66. The number of fused-ring (bicyclic) bond motifs is 5. The standard InChI is InChI=1S/C29H44N2O5/c1-6-17(2)26(27(34)35)30-25(33)16-36-31-20-11-13-28(4)19(15-20)7-8-21-23-10-9-22(18(3)32)29(23,5)14-12-24(21)28/h15,17,21-24,26H,6-14,16H2,1-5H3,(H,30,33)(H,34,35)/b31-20+/t17?,21-,22?,23-,24-,26?,28-,29+/m0/s1. The fourth-order valence-electron chi connectivity index (χ4n) is 8.38. The van der Waals surface area contributed by atoms with Crippen molar-refractivity contribution in [3.8, 4) is 0 Å². The number of oxime groups is 1. The van der Waals surface area contributed by atoms with Crippen LogP contribution in [0.25, 0.3) is 0 Å². The molecule has 7 heteroatoms. The summed E-state index contributed by atoms with van der Waals surface area (Å²) in [7, 11) is 0. The van der Waals surface area contributed by atoms with Crippen molar-refractivity contribution in [3.63, 3.8) is 0 Å². The Labute approximate surface area is 215 Å². The average Bonchev–Trinajstić information content (AvgIpc) is 3.19. The molecule has 2 N–H and O–H groups in total. The van der Waals surface area contributed by atoms with Gasteiger partial charge in [-0.1, -0.05) is 44.8 Å². The van der Waals surface area contributed by atoms with Crippen molar-refractivity contribution >= 4 is 23.4 Å². The van der Waals surface area contributed by atoms with Crippen LogP contribution in [0, 0.1) is 40.4 Å². The van der Waals surface area contributed by atoms with E-state index in [4.69, 9.17) is 4.84 Å². The molecule has 4 aliphatic carbocycles. The van der Waals surface area contributed by atoms with E-state index in [-0.39, 0.29) is 29.3 Å². The quantitative estimate of drug-likeness (QED) is 0.449. The zero-order chi connectivity index (χ0) is 26.3. The summed E-state index contributed by atoms with van der Waals surface area (Å²) < 4.78 is 0. The number of hydrogen-bond donors (Lipinski definition) is 2. The highest BCUT2D eigenvalue weighted by atomic mass is 16.6. The van der Waals surface area contributed by atoms with E-state index in [1.54, 1.807) is 13.8 Å². The summed E-state index contributed by atoms with van der Waals surface area (Å²) in [5.41, 5.74) is 2.66. The highest BCUT2D eigenvalue weighted by molar-refractivity contribution is 5.96. The summed E-state index contributed by atoms with van der Waals surface area (Å²) >= 11 is 0. The van der Waals surface area contributed by atoms with E-state index < -0.39 is 17.9 Å². The molecule has 0 aromatic rings. The molecule has 0 saturated heterocycles. The van der Waals surface area contributed by atoms with Crippen molar-refractivity contribution in [2.45, 2.75) is 98.4 Å². The summed E-state index contributed by atoms with van der Waals surface area (Å²) in [4.78, 5) is 41.4. The van der Waals surface area contributed by atoms with Crippen LogP contribution in [0.15, 0.2) is 16.8 Å². The van der Waals surface area contributed by atoms with Crippen LogP contribution >= 0.6 is 0 Å². The molecular weight excluding hydrogens is 456 g/mol. The maximum atomic E-state index is 12.4. The molecule has 36 heavy (non-hydrogen) atoms. The lowest BCUT2D eigenvalue weighted by Gasteiger charge is -2.58. The van der Waals surface area contributed by atoms with Gasteiger partial charge in [-0.3, -0.25) is 9.59 Å². The van der Waals surface area contributed by atoms with E-state index in [0.717, 1.165) is 37.8 Å². The second-order valence-corrected chi connectivity index (χ2v) is 12.4. The van der Waals surface area contributed by atoms with E-state index in [1.165, 1.54) is 24.8 Å². The number of hydrogen-bond acceptors (Lipinski definition) is 5. The SMILES string of the molecule is CCC(C)C(NC(=O)CO/N=C1/C=C2CC[C@@H]3[C@H](CC[C@]4(C)C(C(C)=O)CC[C@@H]34)[C@@]2(C)CC1)C(=O)O. The second kappa shape index (κ2) is 10.3.